The highest BCUT2D eigenvalue weighted by atomic mass is 28.3. The molecule has 0 radical (unpaired) electrons. The Balaban J connectivity index is 2.11. The van der Waals surface area contributed by atoms with Crippen LogP contribution in [0.3, 0.4) is 0 Å². The summed E-state index contributed by atoms with van der Waals surface area (Å²) >= 11 is 0. The van der Waals surface area contributed by atoms with Gasteiger partial charge in [-0.05, 0) is 4.92 Å². The van der Waals surface area contributed by atoms with E-state index in [1.165, 1.54) is 6.20 Å². The third kappa shape index (κ3) is 2.93. The molecule has 0 saturated heterocycles. The minimum atomic E-state index is -1.47. The minimum Gasteiger partial charge on any atom is -0.358 e. The molecule has 0 saturated carbocycles. The third-order valence-corrected chi connectivity index (χ3v) is 4.85. The van der Waals surface area contributed by atoms with Crippen LogP contribution in [-0.2, 0) is 13.1 Å². The Kier molecular flexibility index (Phi) is 3.71. The molecule has 0 aliphatic carbocycles. The Morgan fingerprint density at radius 1 is 1.35 bits per heavy atom. The lowest BCUT2D eigenvalue weighted by atomic mass is 10.5. The van der Waals surface area contributed by atoms with Crippen LogP contribution in [0, 0.1) is 17.0 Å². The molecular weight excluding hydrogens is 276 g/mol. The molecule has 0 spiro atoms. The number of imidazole rings is 1. The minimum absolute atomic E-state index is 0.00744. The van der Waals surface area contributed by atoms with E-state index in [2.05, 4.69) is 34.9 Å². The highest BCUT2D eigenvalue weighted by Gasteiger charge is 2.21. The van der Waals surface area contributed by atoms with Crippen molar-refractivity contribution < 1.29 is 4.92 Å². The maximum absolute atomic E-state index is 10.9. The van der Waals surface area contributed by atoms with Crippen LogP contribution in [0.4, 0.5) is 5.82 Å². The molecule has 0 bridgehead atoms. The van der Waals surface area contributed by atoms with Gasteiger partial charge < -0.3 is 10.1 Å². The first kappa shape index (κ1) is 14.4. The molecule has 2 heterocycles. The van der Waals surface area contributed by atoms with Crippen molar-refractivity contribution >= 4 is 19.2 Å². The maximum atomic E-state index is 10.9. The number of rotatable bonds is 5. The zero-order valence-electron chi connectivity index (χ0n) is 12.1. The van der Waals surface area contributed by atoms with E-state index in [9.17, 15) is 10.1 Å². The van der Waals surface area contributed by atoms with Crippen molar-refractivity contribution in [3.8, 4) is 0 Å². The monoisotopic (exact) mass is 294 g/mol. The van der Waals surface area contributed by atoms with Gasteiger partial charge >= 0.3 is 5.82 Å². The molecule has 0 fully saturated rings. The fourth-order valence-electron chi connectivity index (χ4n) is 1.83. The molecule has 8 nitrogen and oxygen atoms in total. The van der Waals surface area contributed by atoms with E-state index in [1.54, 1.807) is 16.2 Å². The summed E-state index contributed by atoms with van der Waals surface area (Å²) < 4.78 is 3.31. The SMILES string of the molecule is Cc1ncc([N+](=O)[O-])n1CCn1cc([Si](C)(C)C)nn1. The molecule has 0 aliphatic rings. The molecule has 0 aliphatic heterocycles. The second-order valence-corrected chi connectivity index (χ2v) is 10.7. The summed E-state index contributed by atoms with van der Waals surface area (Å²) in [5, 5.41) is 20.2. The molecule has 20 heavy (non-hydrogen) atoms. The van der Waals surface area contributed by atoms with E-state index >= 15 is 0 Å². The Bertz CT molecular complexity index is 627. The average molecular weight is 294 g/mol. The molecule has 108 valence electrons. The van der Waals surface area contributed by atoms with Crippen molar-refractivity contribution in [2.75, 3.05) is 0 Å². The van der Waals surface area contributed by atoms with Crippen LogP contribution >= 0.6 is 0 Å². The Hall–Kier alpha value is -2.03. The Morgan fingerprint density at radius 3 is 2.60 bits per heavy atom. The summed E-state index contributed by atoms with van der Waals surface area (Å²) in [6.07, 6.45) is 3.22. The maximum Gasteiger partial charge on any atom is 0.342 e. The van der Waals surface area contributed by atoms with Gasteiger partial charge in [0, 0.05) is 13.1 Å². The fraction of sp³-hybridized carbons (Fsp3) is 0.545. The van der Waals surface area contributed by atoms with E-state index in [4.69, 9.17) is 0 Å². The number of nitro groups is 1. The van der Waals surface area contributed by atoms with Crippen LogP contribution in [0.25, 0.3) is 0 Å². The molecule has 9 heteroatoms. The standard InChI is InChI=1S/C11H18N6O2Si/c1-9-12-7-11(17(18)19)16(9)6-5-15-8-10(13-14-15)20(2,3)4/h7-8H,5-6H2,1-4H3. The lowest BCUT2D eigenvalue weighted by Crippen LogP contribution is -2.38. The van der Waals surface area contributed by atoms with Gasteiger partial charge in [0.15, 0.2) is 5.82 Å². The van der Waals surface area contributed by atoms with Gasteiger partial charge in [0.2, 0.25) is 0 Å². The quantitative estimate of drug-likeness (QED) is 0.465. The molecule has 0 unspecified atom stereocenters. The van der Waals surface area contributed by atoms with Gasteiger partial charge in [-0.3, -0.25) is 0 Å². The van der Waals surface area contributed by atoms with E-state index in [0.29, 0.717) is 18.9 Å². The van der Waals surface area contributed by atoms with Gasteiger partial charge in [-0.2, -0.15) is 0 Å². The molecule has 2 rings (SSSR count). The van der Waals surface area contributed by atoms with Crippen LogP contribution < -0.4 is 5.32 Å². The zero-order valence-corrected chi connectivity index (χ0v) is 13.1. The zero-order chi connectivity index (χ0) is 14.9. The number of hydrogen-bond donors (Lipinski definition) is 0. The summed E-state index contributed by atoms with van der Waals surface area (Å²) in [6.45, 7) is 9.35. The van der Waals surface area contributed by atoms with Crippen LogP contribution in [0.1, 0.15) is 5.82 Å². The number of aryl methyl sites for hydroxylation is 2. The van der Waals surface area contributed by atoms with Gasteiger partial charge in [-0.1, -0.05) is 24.9 Å². The average Bonchev–Trinajstić information content (AvgIpc) is 2.92. The van der Waals surface area contributed by atoms with Crippen molar-refractivity contribution in [3.05, 3.63) is 28.3 Å². The van der Waals surface area contributed by atoms with Crippen molar-refractivity contribution in [2.45, 2.75) is 39.7 Å². The van der Waals surface area contributed by atoms with Crippen molar-refractivity contribution in [3.63, 3.8) is 0 Å². The Morgan fingerprint density at radius 2 is 2.05 bits per heavy atom. The smallest absolute Gasteiger partial charge is 0.342 e. The molecule has 2 aromatic heterocycles. The van der Waals surface area contributed by atoms with Crippen LogP contribution in [0.15, 0.2) is 12.4 Å². The highest BCUT2D eigenvalue weighted by molar-refractivity contribution is 6.88. The normalized spacial score (nSPS) is 11.8. The lowest BCUT2D eigenvalue weighted by molar-refractivity contribution is -0.392. The van der Waals surface area contributed by atoms with E-state index in [-0.39, 0.29) is 5.82 Å². The van der Waals surface area contributed by atoms with E-state index in [1.807, 2.05) is 6.20 Å². The summed E-state index contributed by atoms with van der Waals surface area (Å²) in [5.74, 6) is 0.635. The van der Waals surface area contributed by atoms with Gasteiger partial charge in [-0.15, -0.1) is 5.10 Å². The first-order valence-corrected chi connectivity index (χ1v) is 9.86. The molecular formula is C11H18N6O2Si. The predicted molar refractivity (Wildman–Crippen MR) is 76.6 cm³/mol. The van der Waals surface area contributed by atoms with Gasteiger partial charge in [0.25, 0.3) is 0 Å². The second kappa shape index (κ2) is 5.16. The number of nitrogens with zero attached hydrogens (tertiary/aromatic N) is 6. The molecule has 0 N–H and O–H groups in total. The first-order valence-electron chi connectivity index (χ1n) is 6.36. The third-order valence-electron chi connectivity index (χ3n) is 3.08. The fourth-order valence-corrected chi connectivity index (χ4v) is 2.71. The highest BCUT2D eigenvalue weighted by Crippen LogP contribution is 2.13. The van der Waals surface area contributed by atoms with Gasteiger partial charge in [-0.25, -0.2) is 14.2 Å². The summed E-state index contributed by atoms with van der Waals surface area (Å²) in [6, 6.07) is 0. The largest absolute Gasteiger partial charge is 0.358 e. The Labute approximate surface area is 117 Å². The molecule has 2 aromatic rings. The summed E-state index contributed by atoms with van der Waals surface area (Å²) in [7, 11) is -1.47. The molecule has 0 aromatic carbocycles. The van der Waals surface area contributed by atoms with E-state index < -0.39 is 13.0 Å². The van der Waals surface area contributed by atoms with Crippen LogP contribution in [0.2, 0.25) is 19.6 Å². The summed E-state index contributed by atoms with van der Waals surface area (Å²) in [4.78, 5) is 14.5. The van der Waals surface area contributed by atoms with Crippen molar-refractivity contribution in [2.24, 2.45) is 0 Å². The number of hydrogen-bond acceptors (Lipinski definition) is 5. The topological polar surface area (TPSA) is 91.7 Å². The predicted octanol–water partition coefficient (Wildman–Crippen LogP) is 0.937. The summed E-state index contributed by atoms with van der Waals surface area (Å²) in [5.41, 5.74) is 0. The van der Waals surface area contributed by atoms with E-state index in [0.717, 1.165) is 5.32 Å². The number of aromatic nitrogens is 5. The van der Waals surface area contributed by atoms with Crippen molar-refractivity contribution in [1.29, 1.82) is 0 Å². The molecule has 0 atom stereocenters. The lowest BCUT2D eigenvalue weighted by Gasteiger charge is -2.09. The van der Waals surface area contributed by atoms with Crippen LogP contribution in [0.5, 0.6) is 0 Å². The molecule has 0 amide bonds. The second-order valence-electron chi connectivity index (χ2n) is 5.69. The van der Waals surface area contributed by atoms with Crippen molar-refractivity contribution in [1.82, 2.24) is 24.5 Å². The van der Waals surface area contributed by atoms with Gasteiger partial charge in [0.05, 0.1) is 11.9 Å². The van der Waals surface area contributed by atoms with Gasteiger partial charge in [0.1, 0.15) is 20.8 Å². The van der Waals surface area contributed by atoms with Crippen LogP contribution in [-0.4, -0.2) is 37.5 Å². The first-order chi connectivity index (χ1) is 9.29.